The molecule has 0 spiro atoms. The molecule has 0 saturated carbocycles. The monoisotopic (exact) mass is 163 g/mol. The lowest BCUT2D eigenvalue weighted by Gasteiger charge is -2.04. The normalized spacial score (nSPS) is 11.8. The van der Waals surface area contributed by atoms with Crippen LogP contribution in [0, 0.1) is 5.41 Å². The van der Waals surface area contributed by atoms with E-state index in [4.69, 9.17) is 11.1 Å². The molecule has 3 nitrogen and oxygen atoms in total. The summed E-state index contributed by atoms with van der Waals surface area (Å²) in [7, 11) is 1.51. The molecule has 64 valence electrons. The van der Waals surface area contributed by atoms with Crippen LogP contribution >= 0.6 is 0 Å². The minimum atomic E-state index is -2.41. The molecule has 5 heteroatoms. The molecular weight excluding hydrogens is 152 g/mol. The standard InChI is InChI=1S/C6H11F2N3/c1-11-4(2-5(7)8)3-6(9)10/h3,5,11H,2H2,1H3,(H3,9,10)/b4-3-. The molecule has 0 fully saturated rings. The van der Waals surface area contributed by atoms with Crippen molar-refractivity contribution in [2.75, 3.05) is 7.05 Å². The number of rotatable bonds is 4. The van der Waals surface area contributed by atoms with E-state index in [0.717, 1.165) is 0 Å². The van der Waals surface area contributed by atoms with Gasteiger partial charge in [-0.05, 0) is 6.08 Å². The Morgan fingerprint density at radius 3 is 2.55 bits per heavy atom. The quantitative estimate of drug-likeness (QED) is 0.421. The number of allylic oxidation sites excluding steroid dienone is 1. The molecular formula is C6H11F2N3. The van der Waals surface area contributed by atoms with E-state index in [-0.39, 0.29) is 11.5 Å². The summed E-state index contributed by atoms with van der Waals surface area (Å²) >= 11 is 0. The Balaban J connectivity index is 4.05. The van der Waals surface area contributed by atoms with Crippen molar-refractivity contribution in [1.82, 2.24) is 5.32 Å². The summed E-state index contributed by atoms with van der Waals surface area (Å²) in [5.41, 5.74) is 5.24. The van der Waals surface area contributed by atoms with Gasteiger partial charge in [0.15, 0.2) is 0 Å². The smallest absolute Gasteiger partial charge is 0.244 e. The molecule has 0 bridgehead atoms. The van der Waals surface area contributed by atoms with Crippen molar-refractivity contribution in [2.45, 2.75) is 12.8 Å². The van der Waals surface area contributed by atoms with Crippen LogP contribution in [0.4, 0.5) is 8.78 Å². The van der Waals surface area contributed by atoms with Gasteiger partial charge in [0.05, 0.1) is 0 Å². The van der Waals surface area contributed by atoms with Gasteiger partial charge in [-0.1, -0.05) is 0 Å². The van der Waals surface area contributed by atoms with Crippen LogP contribution in [-0.2, 0) is 0 Å². The Hall–Kier alpha value is -1.13. The third-order valence-corrected chi connectivity index (χ3v) is 1.03. The number of amidine groups is 1. The lowest BCUT2D eigenvalue weighted by atomic mass is 10.3. The van der Waals surface area contributed by atoms with Gasteiger partial charge in [0.2, 0.25) is 6.43 Å². The molecule has 0 aliphatic carbocycles. The Kier molecular flexibility index (Phi) is 4.17. The predicted octanol–water partition coefficient (Wildman–Crippen LogP) is 0.681. The van der Waals surface area contributed by atoms with E-state index in [1.165, 1.54) is 13.1 Å². The molecule has 0 unspecified atom stereocenters. The maximum absolute atomic E-state index is 11.7. The molecule has 11 heavy (non-hydrogen) atoms. The summed E-state index contributed by atoms with van der Waals surface area (Å²) < 4.78 is 23.5. The molecule has 0 aliphatic rings. The van der Waals surface area contributed by atoms with Crippen molar-refractivity contribution < 1.29 is 8.78 Å². The fourth-order valence-corrected chi connectivity index (χ4v) is 0.587. The Morgan fingerprint density at radius 2 is 2.27 bits per heavy atom. The van der Waals surface area contributed by atoms with Crippen LogP contribution < -0.4 is 11.1 Å². The van der Waals surface area contributed by atoms with Crippen LogP contribution in [0.5, 0.6) is 0 Å². The second kappa shape index (κ2) is 4.65. The predicted molar refractivity (Wildman–Crippen MR) is 39.7 cm³/mol. The molecule has 0 radical (unpaired) electrons. The third kappa shape index (κ3) is 5.32. The van der Waals surface area contributed by atoms with Gasteiger partial charge in [0, 0.05) is 19.2 Å². The van der Waals surface area contributed by atoms with Gasteiger partial charge >= 0.3 is 0 Å². The fourth-order valence-electron chi connectivity index (χ4n) is 0.587. The molecule has 0 aromatic rings. The van der Waals surface area contributed by atoms with Gasteiger partial charge in [-0.15, -0.1) is 0 Å². The van der Waals surface area contributed by atoms with Crippen molar-refractivity contribution in [3.8, 4) is 0 Å². The van der Waals surface area contributed by atoms with E-state index in [2.05, 4.69) is 5.32 Å². The van der Waals surface area contributed by atoms with Crippen molar-refractivity contribution in [3.63, 3.8) is 0 Å². The van der Waals surface area contributed by atoms with Crippen molar-refractivity contribution >= 4 is 5.84 Å². The fraction of sp³-hybridized carbons (Fsp3) is 0.500. The summed E-state index contributed by atoms with van der Waals surface area (Å²) in [6.07, 6.45) is -1.63. The minimum absolute atomic E-state index is 0.227. The van der Waals surface area contributed by atoms with Crippen molar-refractivity contribution in [2.24, 2.45) is 5.73 Å². The topological polar surface area (TPSA) is 61.9 Å². The lowest BCUT2D eigenvalue weighted by molar-refractivity contribution is 0.147. The molecule has 0 aliphatic heterocycles. The highest BCUT2D eigenvalue weighted by Gasteiger charge is 2.05. The SMILES string of the molecule is CN/C(=C\C(=N)N)CC(F)F. The first-order valence-corrected chi connectivity index (χ1v) is 3.06. The van der Waals surface area contributed by atoms with Crippen LogP contribution in [0.15, 0.2) is 11.8 Å². The maximum Gasteiger partial charge on any atom is 0.244 e. The third-order valence-electron chi connectivity index (χ3n) is 1.03. The Labute approximate surface area is 63.8 Å². The highest BCUT2D eigenvalue weighted by molar-refractivity contribution is 5.89. The molecule has 0 rings (SSSR count). The van der Waals surface area contributed by atoms with Gasteiger partial charge < -0.3 is 11.1 Å². The first-order chi connectivity index (χ1) is 5.06. The van der Waals surface area contributed by atoms with E-state index in [1.807, 2.05) is 0 Å². The molecule has 0 amide bonds. The molecule has 0 aromatic carbocycles. The summed E-state index contributed by atoms with van der Waals surface area (Å²) in [6.45, 7) is 0. The molecule has 0 atom stereocenters. The molecule has 4 N–H and O–H groups in total. The first kappa shape index (κ1) is 9.87. The van der Waals surface area contributed by atoms with E-state index < -0.39 is 12.8 Å². The molecule has 0 aromatic heterocycles. The average molecular weight is 163 g/mol. The van der Waals surface area contributed by atoms with Gasteiger partial charge in [-0.3, -0.25) is 5.41 Å². The van der Waals surface area contributed by atoms with Gasteiger partial charge in [0.25, 0.3) is 0 Å². The Morgan fingerprint density at radius 1 is 1.73 bits per heavy atom. The zero-order chi connectivity index (χ0) is 8.85. The second-order valence-electron chi connectivity index (χ2n) is 1.97. The van der Waals surface area contributed by atoms with Crippen molar-refractivity contribution in [3.05, 3.63) is 11.8 Å². The van der Waals surface area contributed by atoms with E-state index in [1.54, 1.807) is 0 Å². The lowest BCUT2D eigenvalue weighted by Crippen LogP contribution is -2.14. The maximum atomic E-state index is 11.7. The largest absolute Gasteiger partial charge is 0.391 e. The van der Waals surface area contributed by atoms with Crippen LogP contribution in [0.3, 0.4) is 0 Å². The average Bonchev–Trinajstić information content (AvgIpc) is 1.84. The molecule has 0 heterocycles. The number of hydrogen-bond acceptors (Lipinski definition) is 2. The Bertz CT molecular complexity index is 165. The van der Waals surface area contributed by atoms with E-state index in [9.17, 15) is 8.78 Å². The van der Waals surface area contributed by atoms with Crippen LogP contribution in [0.2, 0.25) is 0 Å². The van der Waals surface area contributed by atoms with Gasteiger partial charge in [-0.25, -0.2) is 8.78 Å². The zero-order valence-electron chi connectivity index (χ0n) is 6.20. The number of nitrogens with two attached hydrogens (primary N) is 1. The van der Waals surface area contributed by atoms with Crippen LogP contribution in [0.25, 0.3) is 0 Å². The highest BCUT2D eigenvalue weighted by atomic mass is 19.3. The first-order valence-electron chi connectivity index (χ1n) is 3.06. The summed E-state index contributed by atoms with van der Waals surface area (Å²) in [6, 6.07) is 0. The summed E-state index contributed by atoms with van der Waals surface area (Å²) in [5.74, 6) is -0.227. The van der Waals surface area contributed by atoms with E-state index >= 15 is 0 Å². The van der Waals surface area contributed by atoms with Crippen molar-refractivity contribution in [1.29, 1.82) is 5.41 Å². The highest BCUT2D eigenvalue weighted by Crippen LogP contribution is 2.05. The number of nitrogens with one attached hydrogen (secondary N) is 2. The summed E-state index contributed by atoms with van der Waals surface area (Å²) in [5, 5.41) is 9.31. The van der Waals surface area contributed by atoms with Crippen LogP contribution in [-0.4, -0.2) is 19.3 Å². The minimum Gasteiger partial charge on any atom is -0.391 e. The second-order valence-corrected chi connectivity index (χ2v) is 1.97. The number of alkyl halides is 2. The molecule has 0 saturated heterocycles. The van der Waals surface area contributed by atoms with Gasteiger partial charge in [0.1, 0.15) is 5.84 Å². The van der Waals surface area contributed by atoms with Crippen LogP contribution in [0.1, 0.15) is 6.42 Å². The number of halogens is 2. The van der Waals surface area contributed by atoms with E-state index in [0.29, 0.717) is 0 Å². The zero-order valence-corrected chi connectivity index (χ0v) is 6.20. The van der Waals surface area contributed by atoms with Gasteiger partial charge in [-0.2, -0.15) is 0 Å². The summed E-state index contributed by atoms with van der Waals surface area (Å²) in [4.78, 5) is 0. The number of hydrogen-bond donors (Lipinski definition) is 3.